The predicted octanol–water partition coefficient (Wildman–Crippen LogP) is 2.04. The minimum absolute atomic E-state index is 0.00311. The number of tetrazole rings is 1. The normalized spacial score (nSPS) is 12.3. The summed E-state index contributed by atoms with van der Waals surface area (Å²) < 4.78 is 5.13. The van der Waals surface area contributed by atoms with E-state index in [0.29, 0.717) is 5.69 Å². The summed E-state index contributed by atoms with van der Waals surface area (Å²) in [6.45, 7) is 0.278. The van der Waals surface area contributed by atoms with Crippen molar-refractivity contribution in [3.63, 3.8) is 0 Å². The molecule has 0 aliphatic heterocycles. The Balaban J connectivity index is 1.51. The zero-order valence-corrected chi connectivity index (χ0v) is 16.6. The first-order valence-electron chi connectivity index (χ1n) is 9.52. The fraction of sp³-hybridized carbons (Fsp3) is 0.150. The maximum atomic E-state index is 12.0. The average molecular weight is 434 g/mol. The molecule has 0 aliphatic rings. The van der Waals surface area contributed by atoms with Crippen LogP contribution >= 0.6 is 0 Å². The van der Waals surface area contributed by atoms with Crippen LogP contribution in [0.25, 0.3) is 11.6 Å². The van der Waals surface area contributed by atoms with E-state index in [-0.39, 0.29) is 30.1 Å². The molecule has 162 valence electrons. The van der Waals surface area contributed by atoms with Gasteiger partial charge in [0.2, 0.25) is 11.6 Å². The van der Waals surface area contributed by atoms with Crippen LogP contribution in [0.4, 0.5) is 11.4 Å². The number of carboxylic acid groups (broad SMARTS) is 1. The van der Waals surface area contributed by atoms with Gasteiger partial charge < -0.3 is 15.4 Å². The van der Waals surface area contributed by atoms with Gasteiger partial charge in [-0.25, -0.2) is 0 Å². The number of aliphatic carboxylic acids is 1. The largest absolute Gasteiger partial charge is 0.480 e. The van der Waals surface area contributed by atoms with Crippen LogP contribution in [0.15, 0.2) is 74.1 Å². The third-order valence-corrected chi connectivity index (χ3v) is 4.46. The van der Waals surface area contributed by atoms with Gasteiger partial charge in [-0.15, -0.1) is 10.2 Å². The number of nitrogens with two attached hydrogens (primary N) is 1. The smallest absolute Gasteiger partial charge is 0.320 e. The van der Waals surface area contributed by atoms with Gasteiger partial charge >= 0.3 is 5.97 Å². The summed E-state index contributed by atoms with van der Waals surface area (Å²) in [6, 6.07) is 15.5. The van der Waals surface area contributed by atoms with Crippen molar-refractivity contribution in [3.05, 3.63) is 76.1 Å². The van der Waals surface area contributed by atoms with E-state index in [4.69, 9.17) is 15.4 Å². The highest BCUT2D eigenvalue weighted by atomic mass is 16.5. The molecule has 32 heavy (non-hydrogen) atoms. The van der Waals surface area contributed by atoms with Crippen LogP contribution in [0.1, 0.15) is 11.1 Å². The Morgan fingerprint density at radius 2 is 1.91 bits per heavy atom. The lowest BCUT2D eigenvalue weighted by Crippen LogP contribution is -2.33. The van der Waals surface area contributed by atoms with Crippen LogP contribution < -0.4 is 11.3 Å². The molecule has 4 N–H and O–H groups in total. The molecular formula is C20H18N8O4. The Kier molecular flexibility index (Phi) is 5.94. The molecule has 2 heterocycles. The topological polar surface area (TPSA) is 178 Å². The van der Waals surface area contributed by atoms with Crippen molar-refractivity contribution in [1.29, 1.82) is 0 Å². The number of H-pyrrole nitrogens is 1. The standard InChI is InChI=1S/C20H18N8O4/c21-16(20(30)31)10-15-17(32-26-19(15)29)18-24-27-28(25-18)11-12-5-4-8-14(9-12)23-22-13-6-2-1-3-7-13/h1-9,16H,10-11,21H2,(H,26,29)(H,30,31). The first-order chi connectivity index (χ1) is 15.5. The van der Waals surface area contributed by atoms with E-state index < -0.39 is 17.6 Å². The van der Waals surface area contributed by atoms with Crippen LogP contribution in [0.2, 0.25) is 0 Å². The molecule has 4 rings (SSSR count). The summed E-state index contributed by atoms with van der Waals surface area (Å²) in [5, 5.41) is 31.7. The minimum Gasteiger partial charge on any atom is -0.480 e. The molecule has 1 atom stereocenters. The lowest BCUT2D eigenvalue weighted by atomic mass is 10.1. The van der Waals surface area contributed by atoms with Crippen molar-refractivity contribution in [1.82, 2.24) is 25.4 Å². The molecule has 0 radical (unpaired) electrons. The molecule has 0 saturated carbocycles. The predicted molar refractivity (Wildman–Crippen MR) is 112 cm³/mol. The van der Waals surface area contributed by atoms with E-state index in [1.165, 1.54) is 4.80 Å². The molecule has 0 bridgehead atoms. The fourth-order valence-corrected chi connectivity index (χ4v) is 2.89. The monoisotopic (exact) mass is 434 g/mol. The van der Waals surface area contributed by atoms with Gasteiger partial charge in [0.15, 0.2) is 0 Å². The lowest BCUT2D eigenvalue weighted by molar-refractivity contribution is -0.138. The second-order valence-electron chi connectivity index (χ2n) is 6.84. The number of aromatic amines is 1. The van der Waals surface area contributed by atoms with E-state index >= 15 is 0 Å². The molecule has 12 nitrogen and oxygen atoms in total. The number of nitrogens with one attached hydrogen (secondary N) is 1. The highest BCUT2D eigenvalue weighted by molar-refractivity contribution is 5.74. The van der Waals surface area contributed by atoms with E-state index in [1.807, 2.05) is 54.6 Å². The summed E-state index contributed by atoms with van der Waals surface area (Å²) in [6.07, 6.45) is -0.237. The summed E-state index contributed by atoms with van der Waals surface area (Å²) in [5.74, 6) is -1.20. The summed E-state index contributed by atoms with van der Waals surface area (Å²) >= 11 is 0. The van der Waals surface area contributed by atoms with Gasteiger partial charge in [-0.05, 0) is 35.0 Å². The first-order valence-corrected chi connectivity index (χ1v) is 9.52. The SMILES string of the molecule is NC(Cc1c(-c2nnn(Cc3cccc(N=Nc4ccccc4)c3)n2)o[nH]c1=O)C(=O)O. The Labute approximate surface area is 180 Å². The van der Waals surface area contributed by atoms with Crippen molar-refractivity contribution in [2.24, 2.45) is 16.0 Å². The maximum Gasteiger partial charge on any atom is 0.320 e. The zero-order chi connectivity index (χ0) is 22.5. The Morgan fingerprint density at radius 3 is 2.69 bits per heavy atom. The van der Waals surface area contributed by atoms with Crippen LogP contribution in [0.3, 0.4) is 0 Å². The zero-order valence-electron chi connectivity index (χ0n) is 16.6. The Hall–Kier alpha value is -4.45. The number of carboxylic acids is 1. The third-order valence-electron chi connectivity index (χ3n) is 4.46. The quantitative estimate of drug-likeness (QED) is 0.353. The number of hydrogen-bond donors (Lipinski definition) is 3. The van der Waals surface area contributed by atoms with Gasteiger partial charge in [0.25, 0.3) is 5.56 Å². The summed E-state index contributed by atoms with van der Waals surface area (Å²) in [7, 11) is 0. The molecule has 0 aliphatic carbocycles. The summed E-state index contributed by atoms with van der Waals surface area (Å²) in [5.41, 5.74) is 7.24. The second-order valence-corrected chi connectivity index (χ2v) is 6.84. The van der Waals surface area contributed by atoms with Gasteiger partial charge in [0, 0.05) is 6.42 Å². The molecule has 0 amide bonds. The summed E-state index contributed by atoms with van der Waals surface area (Å²) in [4.78, 5) is 24.3. The van der Waals surface area contributed by atoms with Gasteiger partial charge in [0.1, 0.15) is 6.04 Å². The van der Waals surface area contributed by atoms with Crippen LogP contribution in [0, 0.1) is 0 Å². The third kappa shape index (κ3) is 4.82. The lowest BCUT2D eigenvalue weighted by Gasteiger charge is -2.03. The number of hydrogen-bond acceptors (Lipinski definition) is 9. The first kappa shape index (κ1) is 20.8. The van der Waals surface area contributed by atoms with Crippen molar-refractivity contribution < 1.29 is 14.4 Å². The number of carbonyl (C=O) groups is 1. The van der Waals surface area contributed by atoms with Crippen LogP contribution in [-0.4, -0.2) is 42.5 Å². The van der Waals surface area contributed by atoms with Crippen molar-refractivity contribution in [3.8, 4) is 11.6 Å². The Morgan fingerprint density at radius 1 is 1.16 bits per heavy atom. The van der Waals surface area contributed by atoms with Crippen LogP contribution in [-0.2, 0) is 17.8 Å². The number of nitrogens with zero attached hydrogens (tertiary/aromatic N) is 6. The molecule has 12 heteroatoms. The molecule has 0 saturated heterocycles. The van der Waals surface area contributed by atoms with Crippen LogP contribution in [0.5, 0.6) is 0 Å². The number of benzene rings is 2. The van der Waals surface area contributed by atoms with Crippen molar-refractivity contribution in [2.75, 3.05) is 0 Å². The second kappa shape index (κ2) is 9.14. The van der Waals surface area contributed by atoms with E-state index in [2.05, 4.69) is 30.8 Å². The van der Waals surface area contributed by atoms with E-state index in [0.717, 1.165) is 11.3 Å². The van der Waals surface area contributed by atoms with Gasteiger partial charge in [0.05, 0.1) is 23.5 Å². The highest BCUT2D eigenvalue weighted by Crippen LogP contribution is 2.20. The molecule has 2 aromatic heterocycles. The number of rotatable bonds is 8. The molecule has 2 aromatic carbocycles. The van der Waals surface area contributed by atoms with Gasteiger partial charge in [-0.2, -0.15) is 20.2 Å². The highest BCUT2D eigenvalue weighted by Gasteiger charge is 2.24. The van der Waals surface area contributed by atoms with E-state index in [1.54, 1.807) is 0 Å². The van der Waals surface area contributed by atoms with Gasteiger partial charge in [-0.1, -0.05) is 30.3 Å². The van der Waals surface area contributed by atoms with Crippen molar-refractivity contribution >= 4 is 17.3 Å². The Bertz CT molecular complexity index is 1310. The molecule has 4 aromatic rings. The number of aromatic nitrogens is 5. The number of azo groups is 1. The molecule has 1 unspecified atom stereocenters. The molecule has 0 fully saturated rings. The minimum atomic E-state index is -1.27. The fourth-order valence-electron chi connectivity index (χ4n) is 2.89. The maximum absolute atomic E-state index is 12.0. The van der Waals surface area contributed by atoms with Gasteiger partial charge in [-0.3, -0.25) is 9.59 Å². The van der Waals surface area contributed by atoms with Crippen molar-refractivity contribution in [2.45, 2.75) is 19.0 Å². The average Bonchev–Trinajstić information content (AvgIpc) is 3.40. The van der Waals surface area contributed by atoms with E-state index in [9.17, 15) is 9.59 Å². The molecule has 0 spiro atoms. The molecular weight excluding hydrogens is 416 g/mol.